The van der Waals surface area contributed by atoms with Gasteiger partial charge in [0.15, 0.2) is 0 Å². The standard InChI is InChI=1S/C21H38O4/c1-4-6-7-8-9-10-11-12-15-25-21(24)19-17(5-2)14-13-16(3)18(19)20(22)23/h16-19H,4-15H2,1-3H3,(H,22,23). The van der Waals surface area contributed by atoms with Crippen LogP contribution in [-0.2, 0) is 14.3 Å². The number of carboxylic acid groups (broad SMARTS) is 1. The average molecular weight is 355 g/mol. The fraction of sp³-hybridized carbons (Fsp3) is 0.905. The van der Waals surface area contributed by atoms with Gasteiger partial charge >= 0.3 is 11.9 Å². The first-order valence-electron chi connectivity index (χ1n) is 10.4. The molecule has 0 amide bonds. The van der Waals surface area contributed by atoms with Crippen LogP contribution in [0.3, 0.4) is 0 Å². The third-order valence-corrected chi connectivity index (χ3v) is 5.82. The second-order valence-corrected chi connectivity index (χ2v) is 7.76. The van der Waals surface area contributed by atoms with Gasteiger partial charge in [0, 0.05) is 0 Å². The van der Waals surface area contributed by atoms with Crippen LogP contribution < -0.4 is 0 Å². The van der Waals surface area contributed by atoms with Crippen LogP contribution in [0.1, 0.15) is 91.4 Å². The van der Waals surface area contributed by atoms with Gasteiger partial charge in [-0.25, -0.2) is 0 Å². The normalized spacial score (nSPS) is 26.4. The molecule has 0 radical (unpaired) electrons. The summed E-state index contributed by atoms with van der Waals surface area (Å²) >= 11 is 0. The molecule has 146 valence electrons. The molecule has 0 aromatic carbocycles. The predicted molar refractivity (Wildman–Crippen MR) is 100 cm³/mol. The van der Waals surface area contributed by atoms with Crippen molar-refractivity contribution in [1.82, 2.24) is 0 Å². The highest BCUT2D eigenvalue weighted by molar-refractivity contribution is 5.81. The second kappa shape index (κ2) is 12.3. The van der Waals surface area contributed by atoms with E-state index in [1.165, 1.54) is 38.5 Å². The number of hydrogen-bond acceptors (Lipinski definition) is 3. The molecule has 0 bridgehead atoms. The van der Waals surface area contributed by atoms with Gasteiger partial charge < -0.3 is 9.84 Å². The third kappa shape index (κ3) is 7.37. The Morgan fingerprint density at radius 3 is 2.08 bits per heavy atom. The largest absolute Gasteiger partial charge is 0.481 e. The molecule has 25 heavy (non-hydrogen) atoms. The van der Waals surface area contributed by atoms with E-state index < -0.39 is 17.8 Å². The van der Waals surface area contributed by atoms with Gasteiger partial charge in [0.25, 0.3) is 0 Å². The van der Waals surface area contributed by atoms with Gasteiger partial charge in [0.2, 0.25) is 0 Å². The molecule has 4 unspecified atom stereocenters. The Bertz CT molecular complexity index is 393. The number of unbranched alkanes of at least 4 members (excludes halogenated alkanes) is 7. The van der Waals surface area contributed by atoms with Crippen LogP contribution >= 0.6 is 0 Å². The van der Waals surface area contributed by atoms with Crippen LogP contribution in [0.15, 0.2) is 0 Å². The van der Waals surface area contributed by atoms with Gasteiger partial charge in [0.1, 0.15) is 0 Å². The molecule has 1 aliphatic carbocycles. The van der Waals surface area contributed by atoms with E-state index in [9.17, 15) is 14.7 Å². The van der Waals surface area contributed by atoms with Crippen LogP contribution in [0.4, 0.5) is 0 Å². The first-order chi connectivity index (χ1) is 12.0. The number of aliphatic carboxylic acids is 1. The highest BCUT2D eigenvalue weighted by Gasteiger charge is 2.45. The summed E-state index contributed by atoms with van der Waals surface area (Å²) in [6.07, 6.45) is 12.3. The summed E-state index contributed by atoms with van der Waals surface area (Å²) in [7, 11) is 0. The fourth-order valence-corrected chi connectivity index (χ4v) is 4.18. The minimum Gasteiger partial charge on any atom is -0.481 e. The molecule has 0 saturated heterocycles. The molecule has 4 nitrogen and oxygen atoms in total. The topological polar surface area (TPSA) is 63.6 Å². The van der Waals surface area contributed by atoms with Crippen molar-refractivity contribution in [3.63, 3.8) is 0 Å². The molecule has 1 N–H and O–H groups in total. The molecule has 4 heteroatoms. The van der Waals surface area contributed by atoms with Crippen LogP contribution in [-0.4, -0.2) is 23.7 Å². The lowest BCUT2D eigenvalue weighted by molar-refractivity contribution is -0.165. The summed E-state index contributed by atoms with van der Waals surface area (Å²) in [5.41, 5.74) is 0. The maximum Gasteiger partial charge on any atom is 0.310 e. The molecule has 1 aliphatic rings. The van der Waals surface area contributed by atoms with Crippen molar-refractivity contribution in [1.29, 1.82) is 0 Å². The first-order valence-corrected chi connectivity index (χ1v) is 10.4. The molecule has 1 rings (SSSR count). The quantitative estimate of drug-likeness (QED) is 0.374. The van der Waals surface area contributed by atoms with Crippen molar-refractivity contribution >= 4 is 11.9 Å². The minimum absolute atomic E-state index is 0.0426. The SMILES string of the molecule is CCCCCCCCCCOC(=O)C1C(CC)CCC(C)C1C(=O)O. The summed E-state index contributed by atoms with van der Waals surface area (Å²) in [6.45, 7) is 6.64. The molecule has 0 aromatic heterocycles. The van der Waals surface area contributed by atoms with E-state index in [-0.39, 0.29) is 17.8 Å². The second-order valence-electron chi connectivity index (χ2n) is 7.76. The molecule has 0 spiro atoms. The zero-order chi connectivity index (χ0) is 18.7. The maximum absolute atomic E-state index is 12.5. The smallest absolute Gasteiger partial charge is 0.310 e. The molecule has 0 heterocycles. The predicted octanol–water partition coefficient (Wildman–Crippen LogP) is 5.44. The molecule has 4 atom stereocenters. The van der Waals surface area contributed by atoms with Gasteiger partial charge in [-0.3, -0.25) is 9.59 Å². The average Bonchev–Trinajstić information content (AvgIpc) is 2.59. The highest BCUT2D eigenvalue weighted by Crippen LogP contribution is 2.41. The minimum atomic E-state index is -0.848. The van der Waals surface area contributed by atoms with Gasteiger partial charge in [-0.1, -0.05) is 72.1 Å². The lowest BCUT2D eigenvalue weighted by Gasteiger charge is -2.38. The van der Waals surface area contributed by atoms with Crippen LogP contribution in [0.5, 0.6) is 0 Å². The van der Waals surface area contributed by atoms with Crippen molar-refractivity contribution in [3.05, 3.63) is 0 Å². The Hall–Kier alpha value is -1.06. The number of carboxylic acids is 1. The zero-order valence-corrected chi connectivity index (χ0v) is 16.5. The number of esters is 1. The Balaban J connectivity index is 2.34. The van der Waals surface area contributed by atoms with E-state index in [1.54, 1.807) is 0 Å². The molecule has 1 saturated carbocycles. The van der Waals surface area contributed by atoms with E-state index in [1.807, 2.05) is 13.8 Å². The van der Waals surface area contributed by atoms with Gasteiger partial charge in [-0.2, -0.15) is 0 Å². The zero-order valence-electron chi connectivity index (χ0n) is 16.5. The van der Waals surface area contributed by atoms with E-state index in [0.29, 0.717) is 6.61 Å². The molecule has 0 aromatic rings. The molecule has 1 fully saturated rings. The number of carbonyl (C=O) groups is 2. The molecular weight excluding hydrogens is 316 g/mol. The number of ether oxygens (including phenoxy) is 1. The van der Waals surface area contributed by atoms with Crippen molar-refractivity contribution in [2.45, 2.75) is 91.4 Å². The van der Waals surface area contributed by atoms with Crippen LogP contribution in [0.25, 0.3) is 0 Å². The van der Waals surface area contributed by atoms with Crippen molar-refractivity contribution in [2.24, 2.45) is 23.7 Å². The van der Waals surface area contributed by atoms with E-state index in [0.717, 1.165) is 32.1 Å². The lowest BCUT2D eigenvalue weighted by Crippen LogP contribution is -2.43. The molecular formula is C21H38O4. The number of carbonyl (C=O) groups excluding carboxylic acids is 1. The van der Waals surface area contributed by atoms with Crippen molar-refractivity contribution in [3.8, 4) is 0 Å². The highest BCUT2D eigenvalue weighted by atomic mass is 16.5. The number of rotatable bonds is 12. The van der Waals surface area contributed by atoms with Gasteiger partial charge in [-0.15, -0.1) is 0 Å². The summed E-state index contributed by atoms with van der Waals surface area (Å²) in [6, 6.07) is 0. The Labute approximate surface area is 153 Å². The maximum atomic E-state index is 12.5. The van der Waals surface area contributed by atoms with Crippen molar-refractivity contribution in [2.75, 3.05) is 6.61 Å². The summed E-state index contributed by atoms with van der Waals surface area (Å²) in [5, 5.41) is 9.56. The van der Waals surface area contributed by atoms with Gasteiger partial charge in [-0.05, 0) is 31.1 Å². The molecule has 0 aliphatic heterocycles. The van der Waals surface area contributed by atoms with E-state index >= 15 is 0 Å². The number of hydrogen-bond donors (Lipinski definition) is 1. The lowest BCUT2D eigenvalue weighted by atomic mass is 9.66. The van der Waals surface area contributed by atoms with E-state index in [2.05, 4.69) is 6.92 Å². The summed E-state index contributed by atoms with van der Waals surface area (Å²) in [4.78, 5) is 24.2. The van der Waals surface area contributed by atoms with E-state index in [4.69, 9.17) is 4.74 Å². The Morgan fingerprint density at radius 2 is 1.52 bits per heavy atom. The van der Waals surface area contributed by atoms with Crippen LogP contribution in [0.2, 0.25) is 0 Å². The van der Waals surface area contributed by atoms with Crippen molar-refractivity contribution < 1.29 is 19.4 Å². The Morgan fingerprint density at radius 1 is 0.920 bits per heavy atom. The summed E-state index contributed by atoms with van der Waals surface area (Å²) in [5.74, 6) is -2.01. The fourth-order valence-electron chi connectivity index (χ4n) is 4.18. The Kier molecular flexibility index (Phi) is 10.8. The van der Waals surface area contributed by atoms with Crippen LogP contribution in [0, 0.1) is 23.7 Å². The van der Waals surface area contributed by atoms with Gasteiger partial charge in [0.05, 0.1) is 18.4 Å². The monoisotopic (exact) mass is 354 g/mol. The first kappa shape index (κ1) is 22.0. The summed E-state index contributed by atoms with van der Waals surface area (Å²) < 4.78 is 5.49. The third-order valence-electron chi connectivity index (χ3n) is 5.82.